The van der Waals surface area contributed by atoms with Crippen LogP contribution in [0.5, 0.6) is 0 Å². The molecule has 5 nitrogen and oxygen atoms in total. The van der Waals surface area contributed by atoms with Crippen molar-refractivity contribution in [3.8, 4) is 11.4 Å². The van der Waals surface area contributed by atoms with E-state index < -0.39 is 15.1 Å². The number of nitrogens with one attached hydrogen (secondary N) is 1. The van der Waals surface area contributed by atoms with Crippen LogP contribution in [-0.2, 0) is 22.7 Å². The topological polar surface area (TPSA) is 66.1 Å². The molecule has 1 aliphatic carbocycles. The molecule has 1 unspecified atom stereocenters. The molecule has 0 radical (unpaired) electrons. The maximum atomic E-state index is 13.4. The van der Waals surface area contributed by atoms with Gasteiger partial charge in [-0.2, -0.15) is 0 Å². The number of hydrogen-bond acceptors (Lipinski definition) is 4. The van der Waals surface area contributed by atoms with Gasteiger partial charge in [-0.15, -0.1) is 0 Å². The SMILES string of the molecule is O=S(=O)(CN1CCC(Cc2ccccc2)CC1)C1CCCc2nc(-c3ccccc3)[nH]c21. The van der Waals surface area contributed by atoms with Crippen LogP contribution in [0.4, 0.5) is 0 Å². The van der Waals surface area contributed by atoms with E-state index in [9.17, 15) is 8.42 Å². The van der Waals surface area contributed by atoms with E-state index in [1.807, 2.05) is 30.3 Å². The summed E-state index contributed by atoms with van der Waals surface area (Å²) in [4.78, 5) is 10.3. The van der Waals surface area contributed by atoms with Gasteiger partial charge in [0.1, 0.15) is 17.0 Å². The van der Waals surface area contributed by atoms with Crippen LogP contribution in [-0.4, -0.2) is 42.3 Å². The molecule has 0 saturated carbocycles. The molecule has 1 N–H and O–H groups in total. The van der Waals surface area contributed by atoms with Crippen LogP contribution in [0.2, 0.25) is 0 Å². The van der Waals surface area contributed by atoms with Crippen molar-refractivity contribution in [1.29, 1.82) is 0 Å². The largest absolute Gasteiger partial charge is 0.341 e. The molecule has 3 aromatic rings. The number of aromatic amines is 1. The van der Waals surface area contributed by atoms with E-state index in [4.69, 9.17) is 4.98 Å². The van der Waals surface area contributed by atoms with Gasteiger partial charge in [-0.1, -0.05) is 60.7 Å². The number of H-pyrrole nitrogens is 1. The highest BCUT2D eigenvalue weighted by Gasteiger charge is 2.36. The fraction of sp³-hybridized carbons (Fsp3) is 0.423. The van der Waals surface area contributed by atoms with Crippen molar-refractivity contribution in [1.82, 2.24) is 14.9 Å². The van der Waals surface area contributed by atoms with E-state index >= 15 is 0 Å². The Kier molecular flexibility index (Phi) is 6.15. The summed E-state index contributed by atoms with van der Waals surface area (Å²) in [5, 5.41) is -0.474. The highest BCUT2D eigenvalue weighted by Crippen LogP contribution is 2.37. The lowest BCUT2D eigenvalue weighted by atomic mass is 9.90. The summed E-state index contributed by atoms with van der Waals surface area (Å²) in [5.74, 6) is 1.56. The molecule has 2 aromatic carbocycles. The van der Waals surface area contributed by atoms with Crippen LogP contribution in [0.3, 0.4) is 0 Å². The summed E-state index contributed by atoms with van der Waals surface area (Å²) in [6.45, 7) is 1.71. The van der Waals surface area contributed by atoms with Crippen molar-refractivity contribution >= 4 is 9.84 Å². The van der Waals surface area contributed by atoms with Crippen LogP contribution < -0.4 is 0 Å². The number of nitrogens with zero attached hydrogens (tertiary/aromatic N) is 2. The predicted molar refractivity (Wildman–Crippen MR) is 128 cm³/mol. The molecule has 2 aliphatic rings. The van der Waals surface area contributed by atoms with Crippen molar-refractivity contribution < 1.29 is 8.42 Å². The van der Waals surface area contributed by atoms with Gasteiger partial charge in [-0.25, -0.2) is 13.4 Å². The van der Waals surface area contributed by atoms with Crippen LogP contribution in [0, 0.1) is 5.92 Å². The molecule has 1 aromatic heterocycles. The van der Waals surface area contributed by atoms with Crippen LogP contribution in [0.25, 0.3) is 11.4 Å². The lowest BCUT2D eigenvalue weighted by molar-refractivity contribution is 0.207. The van der Waals surface area contributed by atoms with Crippen molar-refractivity contribution in [3.05, 3.63) is 77.6 Å². The first kappa shape index (κ1) is 21.4. The Morgan fingerprint density at radius 2 is 1.62 bits per heavy atom. The zero-order valence-corrected chi connectivity index (χ0v) is 19.2. The Bertz CT molecular complexity index is 1130. The van der Waals surface area contributed by atoms with E-state index in [-0.39, 0.29) is 5.88 Å². The van der Waals surface area contributed by atoms with Gasteiger partial charge in [0, 0.05) is 5.56 Å². The minimum atomic E-state index is -3.29. The first-order chi connectivity index (χ1) is 15.6. The van der Waals surface area contributed by atoms with Gasteiger partial charge in [0.25, 0.3) is 0 Å². The molecule has 168 valence electrons. The molecule has 1 fully saturated rings. The summed E-state index contributed by atoms with van der Waals surface area (Å²) in [6.07, 6.45) is 5.59. The smallest absolute Gasteiger partial charge is 0.171 e. The lowest BCUT2D eigenvalue weighted by Gasteiger charge is -2.33. The summed E-state index contributed by atoms with van der Waals surface area (Å²) >= 11 is 0. The summed E-state index contributed by atoms with van der Waals surface area (Å²) < 4.78 is 26.9. The highest BCUT2D eigenvalue weighted by atomic mass is 32.2. The number of hydrogen-bond donors (Lipinski definition) is 1. The second kappa shape index (κ2) is 9.20. The van der Waals surface area contributed by atoms with Crippen molar-refractivity contribution in [2.75, 3.05) is 19.0 Å². The molecule has 1 aliphatic heterocycles. The molecule has 6 heteroatoms. The Labute approximate surface area is 190 Å². The van der Waals surface area contributed by atoms with Gasteiger partial charge in [-0.05, 0) is 63.1 Å². The van der Waals surface area contributed by atoms with Gasteiger partial charge < -0.3 is 4.98 Å². The first-order valence-corrected chi connectivity index (χ1v) is 13.4. The third-order valence-electron chi connectivity index (χ3n) is 6.93. The van der Waals surface area contributed by atoms with Crippen molar-refractivity contribution in [2.45, 2.75) is 43.8 Å². The van der Waals surface area contributed by atoms with Gasteiger partial charge >= 0.3 is 0 Å². The number of benzene rings is 2. The van der Waals surface area contributed by atoms with E-state index in [0.717, 1.165) is 68.0 Å². The monoisotopic (exact) mass is 449 g/mol. The van der Waals surface area contributed by atoms with Gasteiger partial charge in [-0.3, -0.25) is 4.90 Å². The third-order valence-corrected chi connectivity index (χ3v) is 8.99. The molecule has 0 amide bonds. The zero-order valence-electron chi connectivity index (χ0n) is 18.4. The predicted octanol–water partition coefficient (Wildman–Crippen LogP) is 4.78. The number of likely N-dealkylation sites (tertiary alicyclic amines) is 1. The van der Waals surface area contributed by atoms with E-state index in [1.165, 1.54) is 5.56 Å². The summed E-state index contributed by atoms with van der Waals surface area (Å²) in [7, 11) is -3.29. The maximum Gasteiger partial charge on any atom is 0.171 e. The van der Waals surface area contributed by atoms with Crippen LogP contribution in [0.15, 0.2) is 60.7 Å². The highest BCUT2D eigenvalue weighted by molar-refractivity contribution is 7.91. The average Bonchev–Trinajstić information content (AvgIpc) is 3.26. The van der Waals surface area contributed by atoms with E-state index in [1.54, 1.807) is 0 Å². The molecule has 5 rings (SSSR count). The minimum Gasteiger partial charge on any atom is -0.341 e. The quantitative estimate of drug-likeness (QED) is 0.588. The lowest BCUT2D eigenvalue weighted by Crippen LogP contribution is -2.39. The second-order valence-electron chi connectivity index (χ2n) is 9.24. The summed E-state index contributed by atoms with van der Waals surface area (Å²) in [5.41, 5.74) is 4.11. The van der Waals surface area contributed by atoms with E-state index in [2.05, 4.69) is 40.2 Å². The molecular weight excluding hydrogens is 418 g/mol. The fourth-order valence-corrected chi connectivity index (χ4v) is 7.21. The molecule has 0 bridgehead atoms. The molecular formula is C26H31N3O2S. The van der Waals surface area contributed by atoms with Crippen LogP contribution in [0.1, 0.15) is 47.9 Å². The number of aryl methyl sites for hydroxylation is 1. The Morgan fingerprint density at radius 3 is 2.34 bits per heavy atom. The van der Waals surface area contributed by atoms with Gasteiger partial charge in [0.2, 0.25) is 0 Å². The van der Waals surface area contributed by atoms with E-state index in [0.29, 0.717) is 12.3 Å². The number of fused-ring (bicyclic) bond motifs is 1. The number of sulfone groups is 1. The second-order valence-corrected chi connectivity index (χ2v) is 11.4. The number of imidazole rings is 1. The molecule has 2 heterocycles. The van der Waals surface area contributed by atoms with Gasteiger partial charge in [0.05, 0.1) is 11.4 Å². The van der Waals surface area contributed by atoms with Crippen molar-refractivity contribution in [3.63, 3.8) is 0 Å². The molecule has 32 heavy (non-hydrogen) atoms. The van der Waals surface area contributed by atoms with Crippen molar-refractivity contribution in [2.24, 2.45) is 5.92 Å². The minimum absolute atomic E-state index is 0.148. The average molecular weight is 450 g/mol. The Morgan fingerprint density at radius 1 is 0.938 bits per heavy atom. The number of aromatic nitrogens is 2. The molecule has 0 spiro atoms. The third kappa shape index (κ3) is 4.66. The summed E-state index contributed by atoms with van der Waals surface area (Å²) in [6, 6.07) is 20.6. The van der Waals surface area contributed by atoms with Crippen LogP contribution >= 0.6 is 0 Å². The fourth-order valence-electron chi connectivity index (χ4n) is 5.18. The maximum absolute atomic E-state index is 13.4. The standard InChI is InChI=1S/C26H31N3O2S/c30-32(31,19-29-16-14-21(15-17-29)18-20-8-3-1-4-9-20)24-13-7-12-23-25(24)28-26(27-23)22-10-5-2-6-11-22/h1-6,8-11,21,24H,7,12-19H2,(H,27,28). The molecule has 1 saturated heterocycles. The zero-order chi connectivity index (χ0) is 22.0. The first-order valence-electron chi connectivity index (χ1n) is 11.7. The van der Waals surface area contributed by atoms with Gasteiger partial charge in [0.15, 0.2) is 9.84 Å². The normalized spacial score (nSPS) is 20.2. The Hall–Kier alpha value is -2.44. The number of piperidine rings is 1. The Balaban J connectivity index is 1.25. The number of rotatable bonds is 6. The molecule has 1 atom stereocenters.